The van der Waals surface area contributed by atoms with Crippen molar-refractivity contribution in [2.45, 2.75) is 33.2 Å². The second-order valence-electron chi connectivity index (χ2n) is 2.88. The van der Waals surface area contributed by atoms with E-state index in [4.69, 9.17) is 5.26 Å². The van der Waals surface area contributed by atoms with Crippen LogP contribution in [0, 0.1) is 11.3 Å². The molecule has 2 nitrogen and oxygen atoms in total. The van der Waals surface area contributed by atoms with Gasteiger partial charge in [-0.15, -0.1) is 0 Å². The molecule has 0 aliphatic carbocycles. The number of rotatable bonds is 4. The molecule has 1 N–H and O–H groups in total. The van der Waals surface area contributed by atoms with E-state index in [9.17, 15) is 0 Å². The molecule has 0 heterocycles. The lowest BCUT2D eigenvalue weighted by Gasteiger charge is -2.02. The summed E-state index contributed by atoms with van der Waals surface area (Å²) in [5.41, 5.74) is 1.33. The summed E-state index contributed by atoms with van der Waals surface area (Å²) in [5.74, 6) is 0. The Morgan fingerprint density at radius 1 is 1.64 bits per heavy atom. The van der Waals surface area contributed by atoms with Crippen LogP contribution in [0.2, 0.25) is 0 Å². The Labute approximate surface area is 68.9 Å². The molecule has 11 heavy (non-hydrogen) atoms. The largest absolute Gasteiger partial charge is 0.302 e. The van der Waals surface area contributed by atoms with E-state index >= 15 is 0 Å². The zero-order valence-corrected chi connectivity index (χ0v) is 7.52. The third-order valence-electron chi connectivity index (χ3n) is 1.34. The lowest BCUT2D eigenvalue weighted by molar-refractivity contribution is 0.646. The summed E-state index contributed by atoms with van der Waals surface area (Å²) >= 11 is 0. The second kappa shape index (κ2) is 5.94. The lowest BCUT2D eigenvalue weighted by Crippen LogP contribution is -2.24. The molecule has 0 saturated carbocycles. The first-order valence-corrected chi connectivity index (χ1v) is 3.93. The van der Waals surface area contributed by atoms with Gasteiger partial charge in [-0.05, 0) is 33.7 Å². The molecule has 0 aliphatic heterocycles. The van der Waals surface area contributed by atoms with Crippen LogP contribution in [0.1, 0.15) is 27.2 Å². The molecule has 0 saturated heterocycles. The van der Waals surface area contributed by atoms with Crippen LogP contribution in [0.4, 0.5) is 0 Å². The van der Waals surface area contributed by atoms with Gasteiger partial charge in [0.15, 0.2) is 0 Å². The van der Waals surface area contributed by atoms with Gasteiger partial charge in [0.1, 0.15) is 0 Å². The molecular formula is C9H16N2. The van der Waals surface area contributed by atoms with Crippen molar-refractivity contribution in [2.24, 2.45) is 0 Å². The van der Waals surface area contributed by atoms with Gasteiger partial charge in [0.25, 0.3) is 0 Å². The van der Waals surface area contributed by atoms with Gasteiger partial charge in [-0.3, -0.25) is 0 Å². The van der Waals surface area contributed by atoms with Crippen molar-refractivity contribution < 1.29 is 0 Å². The Hall–Kier alpha value is -0.810. The highest BCUT2D eigenvalue weighted by Gasteiger charge is 1.93. The van der Waals surface area contributed by atoms with Gasteiger partial charge >= 0.3 is 0 Å². The van der Waals surface area contributed by atoms with Gasteiger partial charge < -0.3 is 5.32 Å². The van der Waals surface area contributed by atoms with Crippen LogP contribution in [0.3, 0.4) is 0 Å². The number of nitrogens with one attached hydrogen (secondary N) is 1. The van der Waals surface area contributed by atoms with E-state index in [1.54, 1.807) is 0 Å². The Bertz CT molecular complexity index is 161. The van der Waals surface area contributed by atoms with Gasteiger partial charge in [0.2, 0.25) is 0 Å². The maximum Gasteiger partial charge on any atom is 0.0924 e. The third kappa shape index (κ3) is 7.08. The molecule has 0 aromatic carbocycles. The van der Waals surface area contributed by atoms with E-state index in [2.05, 4.69) is 31.3 Å². The highest BCUT2D eigenvalue weighted by atomic mass is 14.9. The molecule has 0 aromatic rings. The second-order valence-corrected chi connectivity index (χ2v) is 2.88. The van der Waals surface area contributed by atoms with Crippen LogP contribution >= 0.6 is 0 Å². The zero-order chi connectivity index (χ0) is 8.69. The molecular weight excluding hydrogens is 136 g/mol. The monoisotopic (exact) mass is 152 g/mol. The Morgan fingerprint density at radius 2 is 2.27 bits per heavy atom. The smallest absolute Gasteiger partial charge is 0.0924 e. The fourth-order valence-corrected chi connectivity index (χ4v) is 0.706. The summed E-state index contributed by atoms with van der Waals surface area (Å²) in [7, 11) is 0. The molecule has 0 bridgehead atoms. The van der Waals surface area contributed by atoms with Gasteiger partial charge in [-0.2, -0.15) is 5.26 Å². The molecule has 0 fully saturated rings. The fourth-order valence-electron chi connectivity index (χ4n) is 0.706. The average molecular weight is 152 g/mol. The Morgan fingerprint density at radius 3 is 2.73 bits per heavy atom. The molecule has 0 amide bonds. The van der Waals surface area contributed by atoms with Crippen molar-refractivity contribution in [3.63, 3.8) is 0 Å². The minimum atomic E-state index is -0.0273. The van der Waals surface area contributed by atoms with E-state index in [0.717, 1.165) is 13.0 Å². The highest BCUT2D eigenvalue weighted by Crippen LogP contribution is 1.91. The van der Waals surface area contributed by atoms with E-state index in [-0.39, 0.29) is 6.04 Å². The first-order valence-electron chi connectivity index (χ1n) is 3.93. The van der Waals surface area contributed by atoms with Crippen LogP contribution in [0.25, 0.3) is 0 Å². The summed E-state index contributed by atoms with van der Waals surface area (Å²) in [5, 5.41) is 11.5. The van der Waals surface area contributed by atoms with Crippen molar-refractivity contribution in [3.8, 4) is 6.07 Å². The van der Waals surface area contributed by atoms with Crippen LogP contribution in [0.5, 0.6) is 0 Å². The number of nitrogens with zero attached hydrogens (tertiary/aromatic N) is 1. The van der Waals surface area contributed by atoms with Crippen LogP contribution in [-0.2, 0) is 0 Å². The van der Waals surface area contributed by atoms with E-state index in [0.29, 0.717) is 0 Å². The summed E-state index contributed by atoms with van der Waals surface area (Å²) in [6, 6.07) is 2.09. The van der Waals surface area contributed by atoms with Crippen molar-refractivity contribution in [2.75, 3.05) is 6.54 Å². The Kier molecular flexibility index (Phi) is 5.50. The van der Waals surface area contributed by atoms with Gasteiger partial charge in [0.05, 0.1) is 12.1 Å². The first-order chi connectivity index (χ1) is 5.16. The SMILES string of the molecule is CC(C)=CCCNC(C)C#N. The predicted octanol–water partition coefficient (Wildman–Crippen LogP) is 1.84. The molecule has 1 unspecified atom stereocenters. The summed E-state index contributed by atoms with van der Waals surface area (Å²) in [6.07, 6.45) is 3.17. The number of hydrogen-bond donors (Lipinski definition) is 1. The van der Waals surface area contributed by atoms with Crippen LogP contribution in [-0.4, -0.2) is 12.6 Å². The topological polar surface area (TPSA) is 35.8 Å². The molecule has 0 rings (SSSR count). The maximum absolute atomic E-state index is 8.42. The zero-order valence-electron chi connectivity index (χ0n) is 7.52. The van der Waals surface area contributed by atoms with Gasteiger partial charge in [-0.1, -0.05) is 11.6 Å². The van der Waals surface area contributed by atoms with Crippen molar-refractivity contribution in [3.05, 3.63) is 11.6 Å². The van der Waals surface area contributed by atoms with Crippen molar-refractivity contribution in [1.29, 1.82) is 5.26 Å². The molecule has 0 radical (unpaired) electrons. The predicted molar refractivity (Wildman–Crippen MR) is 47.1 cm³/mol. The van der Waals surface area contributed by atoms with Gasteiger partial charge in [-0.25, -0.2) is 0 Å². The summed E-state index contributed by atoms with van der Waals surface area (Å²) in [4.78, 5) is 0. The average Bonchev–Trinajstić information content (AvgIpc) is 1.97. The van der Waals surface area contributed by atoms with E-state index < -0.39 is 0 Å². The number of allylic oxidation sites excluding steroid dienone is 1. The quantitative estimate of drug-likeness (QED) is 0.493. The first kappa shape index (κ1) is 10.2. The van der Waals surface area contributed by atoms with Crippen LogP contribution in [0.15, 0.2) is 11.6 Å². The third-order valence-corrected chi connectivity index (χ3v) is 1.34. The van der Waals surface area contributed by atoms with Crippen molar-refractivity contribution in [1.82, 2.24) is 5.32 Å². The lowest BCUT2D eigenvalue weighted by atomic mass is 10.2. The standard InChI is InChI=1S/C9H16N2/c1-8(2)5-4-6-11-9(3)7-10/h5,9,11H,4,6H2,1-3H3. The minimum absolute atomic E-state index is 0.0273. The van der Waals surface area contributed by atoms with Gasteiger partial charge in [0, 0.05) is 0 Å². The fraction of sp³-hybridized carbons (Fsp3) is 0.667. The minimum Gasteiger partial charge on any atom is -0.302 e. The van der Waals surface area contributed by atoms with E-state index in [1.165, 1.54) is 5.57 Å². The summed E-state index contributed by atoms with van der Waals surface area (Å²) in [6.45, 7) is 6.91. The van der Waals surface area contributed by atoms with Crippen molar-refractivity contribution >= 4 is 0 Å². The van der Waals surface area contributed by atoms with E-state index in [1.807, 2.05) is 6.92 Å². The molecule has 0 spiro atoms. The summed E-state index contributed by atoms with van der Waals surface area (Å²) < 4.78 is 0. The maximum atomic E-state index is 8.42. The normalized spacial score (nSPS) is 11.8. The van der Waals surface area contributed by atoms with Crippen LogP contribution < -0.4 is 5.32 Å². The Balaban J connectivity index is 3.30. The highest BCUT2D eigenvalue weighted by molar-refractivity contribution is 4.94. The molecule has 62 valence electrons. The molecule has 0 aromatic heterocycles. The molecule has 0 aliphatic rings. The molecule has 2 heteroatoms. The number of nitriles is 1. The molecule has 1 atom stereocenters. The number of hydrogen-bond acceptors (Lipinski definition) is 2.